The van der Waals surface area contributed by atoms with Crippen LogP contribution in [0.25, 0.3) is 0 Å². The fraction of sp³-hybridized carbons (Fsp3) is 0.556. The Morgan fingerprint density at radius 2 is 2.07 bits per heavy atom. The molecule has 0 atom stereocenters. The fourth-order valence-electron chi connectivity index (χ4n) is 1.40. The van der Waals surface area contributed by atoms with Crippen molar-refractivity contribution in [2.45, 2.75) is 25.7 Å². The Labute approximate surface area is 83.8 Å². The Kier molecular flexibility index (Phi) is 3.97. The number of nitrogens with zero attached hydrogens (tertiary/aromatic N) is 2. The Morgan fingerprint density at radius 1 is 1.29 bits per heavy atom. The molecule has 0 radical (unpaired) electrons. The molecular formula is C9H17N5. The zero-order chi connectivity index (χ0) is 10.4. The lowest BCUT2D eigenvalue weighted by atomic mass is 10.00. The summed E-state index contributed by atoms with van der Waals surface area (Å²) in [6.07, 6.45) is 6.99. The average Bonchev–Trinajstić information content (AvgIpc) is 2.15. The van der Waals surface area contributed by atoms with E-state index in [9.17, 15) is 0 Å². The first-order valence-corrected chi connectivity index (χ1v) is 4.76. The molecule has 78 valence electrons. The molecule has 0 aliphatic heterocycles. The third kappa shape index (κ3) is 3.93. The predicted octanol–water partition coefficient (Wildman–Crippen LogP) is 0.0749. The molecule has 0 aromatic rings. The predicted molar refractivity (Wildman–Crippen MR) is 58.9 cm³/mol. The van der Waals surface area contributed by atoms with Gasteiger partial charge in [0, 0.05) is 0 Å². The SMILES string of the molecule is NC(N)=NC(N)=NCC1=CCCCC1. The minimum Gasteiger partial charge on any atom is -0.370 e. The Balaban J connectivity index is 2.45. The zero-order valence-corrected chi connectivity index (χ0v) is 8.24. The van der Waals surface area contributed by atoms with Crippen LogP contribution in [-0.4, -0.2) is 18.5 Å². The summed E-state index contributed by atoms with van der Waals surface area (Å²) in [6.45, 7) is 0.614. The first-order valence-electron chi connectivity index (χ1n) is 4.76. The van der Waals surface area contributed by atoms with Gasteiger partial charge in [-0.15, -0.1) is 0 Å². The van der Waals surface area contributed by atoms with Gasteiger partial charge >= 0.3 is 0 Å². The zero-order valence-electron chi connectivity index (χ0n) is 8.24. The van der Waals surface area contributed by atoms with Crippen LogP contribution in [0.1, 0.15) is 25.7 Å². The molecule has 0 saturated heterocycles. The number of nitrogens with two attached hydrogens (primary N) is 3. The highest BCUT2D eigenvalue weighted by Crippen LogP contribution is 2.17. The van der Waals surface area contributed by atoms with Crippen LogP contribution in [0.4, 0.5) is 0 Å². The Morgan fingerprint density at radius 3 is 2.64 bits per heavy atom. The molecule has 0 aromatic heterocycles. The molecule has 0 bridgehead atoms. The highest BCUT2D eigenvalue weighted by atomic mass is 15.1. The van der Waals surface area contributed by atoms with Crippen LogP contribution in [0.5, 0.6) is 0 Å². The molecule has 5 nitrogen and oxygen atoms in total. The Hall–Kier alpha value is -1.52. The number of guanidine groups is 2. The van der Waals surface area contributed by atoms with Gasteiger partial charge in [-0.2, -0.15) is 4.99 Å². The van der Waals surface area contributed by atoms with Gasteiger partial charge in [0.2, 0.25) is 5.96 Å². The molecule has 5 heteroatoms. The van der Waals surface area contributed by atoms with E-state index < -0.39 is 0 Å². The highest BCUT2D eigenvalue weighted by Gasteiger charge is 2.02. The molecule has 0 amide bonds. The molecule has 0 spiro atoms. The van der Waals surface area contributed by atoms with Gasteiger partial charge in [-0.3, -0.25) is 0 Å². The lowest BCUT2D eigenvalue weighted by Gasteiger charge is -2.09. The lowest BCUT2D eigenvalue weighted by molar-refractivity contribution is 0.691. The minimum absolute atomic E-state index is 0.0520. The molecule has 0 saturated carbocycles. The van der Waals surface area contributed by atoms with Gasteiger partial charge in [-0.05, 0) is 25.7 Å². The van der Waals surface area contributed by atoms with E-state index in [2.05, 4.69) is 16.1 Å². The standard InChI is InChI=1S/C9H17N5/c10-8(11)14-9(12)13-6-7-4-2-1-3-5-7/h4H,1-3,5-6H2,(H6,10,11,12,13,14). The van der Waals surface area contributed by atoms with Crippen LogP contribution >= 0.6 is 0 Å². The second-order valence-electron chi connectivity index (χ2n) is 3.32. The van der Waals surface area contributed by atoms with E-state index in [4.69, 9.17) is 17.2 Å². The first-order chi connectivity index (χ1) is 6.68. The summed E-state index contributed by atoms with van der Waals surface area (Å²) >= 11 is 0. The summed E-state index contributed by atoms with van der Waals surface area (Å²) in [4.78, 5) is 7.70. The van der Waals surface area contributed by atoms with Crippen molar-refractivity contribution in [2.24, 2.45) is 27.2 Å². The highest BCUT2D eigenvalue weighted by molar-refractivity contribution is 5.92. The van der Waals surface area contributed by atoms with Crippen molar-refractivity contribution in [3.63, 3.8) is 0 Å². The third-order valence-corrected chi connectivity index (χ3v) is 2.07. The quantitative estimate of drug-likeness (QED) is 0.330. The van der Waals surface area contributed by atoms with Crippen LogP contribution in [0.15, 0.2) is 21.6 Å². The molecule has 0 aromatic carbocycles. The molecular weight excluding hydrogens is 178 g/mol. The van der Waals surface area contributed by atoms with Crippen LogP contribution in [0.2, 0.25) is 0 Å². The summed E-state index contributed by atoms with van der Waals surface area (Å²) in [5.74, 6) is 0.0975. The minimum atomic E-state index is -0.0520. The smallest absolute Gasteiger partial charge is 0.218 e. The van der Waals surface area contributed by atoms with Gasteiger partial charge in [-0.25, -0.2) is 4.99 Å². The van der Waals surface area contributed by atoms with E-state index >= 15 is 0 Å². The maximum absolute atomic E-state index is 5.47. The van der Waals surface area contributed by atoms with Gasteiger partial charge in [0.1, 0.15) is 0 Å². The van der Waals surface area contributed by atoms with E-state index in [0.29, 0.717) is 6.54 Å². The van der Waals surface area contributed by atoms with Crippen LogP contribution in [0.3, 0.4) is 0 Å². The van der Waals surface area contributed by atoms with Crippen molar-refractivity contribution in [1.29, 1.82) is 0 Å². The number of aliphatic imine (C=N–C) groups is 2. The van der Waals surface area contributed by atoms with Gasteiger partial charge in [0.15, 0.2) is 5.96 Å². The van der Waals surface area contributed by atoms with E-state index in [0.717, 1.165) is 12.8 Å². The second kappa shape index (κ2) is 5.26. The summed E-state index contributed by atoms with van der Waals surface area (Å²) in [7, 11) is 0. The second-order valence-corrected chi connectivity index (χ2v) is 3.32. The molecule has 14 heavy (non-hydrogen) atoms. The van der Waals surface area contributed by atoms with E-state index in [-0.39, 0.29) is 11.9 Å². The summed E-state index contributed by atoms with van der Waals surface area (Å²) in [5, 5.41) is 0. The van der Waals surface area contributed by atoms with E-state index in [1.807, 2.05) is 0 Å². The van der Waals surface area contributed by atoms with Crippen LogP contribution in [-0.2, 0) is 0 Å². The topological polar surface area (TPSA) is 103 Å². The molecule has 0 unspecified atom stereocenters. The van der Waals surface area contributed by atoms with Crippen molar-refractivity contribution in [3.8, 4) is 0 Å². The van der Waals surface area contributed by atoms with Gasteiger partial charge in [0.25, 0.3) is 0 Å². The molecule has 0 heterocycles. The van der Waals surface area contributed by atoms with Crippen molar-refractivity contribution >= 4 is 11.9 Å². The normalized spacial score (nSPS) is 17.4. The fourth-order valence-corrected chi connectivity index (χ4v) is 1.40. The largest absolute Gasteiger partial charge is 0.370 e. The maximum Gasteiger partial charge on any atom is 0.218 e. The van der Waals surface area contributed by atoms with Crippen molar-refractivity contribution in [1.82, 2.24) is 0 Å². The van der Waals surface area contributed by atoms with Gasteiger partial charge in [0.05, 0.1) is 6.54 Å². The summed E-state index contributed by atoms with van der Waals surface area (Å²) in [5.41, 5.74) is 17.1. The monoisotopic (exact) mass is 195 g/mol. The first kappa shape index (κ1) is 10.6. The summed E-state index contributed by atoms with van der Waals surface area (Å²) in [6, 6.07) is 0. The van der Waals surface area contributed by atoms with E-state index in [1.54, 1.807) is 0 Å². The third-order valence-electron chi connectivity index (χ3n) is 2.07. The average molecular weight is 195 g/mol. The number of hydrogen-bond acceptors (Lipinski definition) is 1. The number of rotatable bonds is 2. The van der Waals surface area contributed by atoms with Crippen LogP contribution < -0.4 is 17.2 Å². The van der Waals surface area contributed by atoms with Crippen LogP contribution in [0, 0.1) is 0 Å². The van der Waals surface area contributed by atoms with Gasteiger partial charge < -0.3 is 17.2 Å². The number of hydrogen-bond donors (Lipinski definition) is 3. The van der Waals surface area contributed by atoms with Crippen molar-refractivity contribution in [3.05, 3.63) is 11.6 Å². The van der Waals surface area contributed by atoms with Gasteiger partial charge in [-0.1, -0.05) is 11.6 Å². The van der Waals surface area contributed by atoms with Crippen molar-refractivity contribution < 1.29 is 0 Å². The summed E-state index contributed by atoms with van der Waals surface area (Å²) < 4.78 is 0. The van der Waals surface area contributed by atoms with Crippen molar-refractivity contribution in [2.75, 3.05) is 6.54 Å². The molecule has 0 fully saturated rings. The molecule has 1 aliphatic carbocycles. The maximum atomic E-state index is 5.47. The molecule has 6 N–H and O–H groups in total. The Bertz CT molecular complexity index is 273. The molecule has 1 rings (SSSR count). The number of allylic oxidation sites excluding steroid dienone is 1. The van der Waals surface area contributed by atoms with E-state index in [1.165, 1.54) is 18.4 Å². The lowest BCUT2D eigenvalue weighted by Crippen LogP contribution is -2.26. The molecule has 1 aliphatic rings.